The van der Waals surface area contributed by atoms with Gasteiger partial charge in [0.1, 0.15) is 0 Å². The van der Waals surface area contributed by atoms with Gasteiger partial charge in [0.2, 0.25) is 0 Å². The highest BCUT2D eigenvalue weighted by molar-refractivity contribution is 6.35. The van der Waals surface area contributed by atoms with Crippen molar-refractivity contribution in [2.45, 2.75) is 66.2 Å². The minimum atomic E-state index is 0.481. The van der Waals surface area contributed by atoms with Crippen LogP contribution in [0.4, 0.5) is 0 Å². The van der Waals surface area contributed by atoms with Crippen LogP contribution in [0.25, 0.3) is 0 Å². The van der Waals surface area contributed by atoms with Crippen LogP contribution in [0.2, 0.25) is 0 Å². The SMILES string of the molecule is C1CCNC1.C1CCNC1.C=C/C(Cl)=C1/C=C(CC)C(CC)=CC1=N.CC. The predicted molar refractivity (Wildman–Crippen MR) is 123 cm³/mol. The summed E-state index contributed by atoms with van der Waals surface area (Å²) in [5, 5.41) is 14.9. The highest BCUT2D eigenvalue weighted by Crippen LogP contribution is 2.28. The molecule has 0 radical (unpaired) electrons. The first-order valence-electron chi connectivity index (χ1n) is 10.6. The third kappa shape index (κ3) is 10.7. The Morgan fingerprint density at radius 1 is 0.963 bits per heavy atom. The normalized spacial score (nSPS) is 20.0. The Balaban J connectivity index is 0.000000454. The van der Waals surface area contributed by atoms with Crippen molar-refractivity contribution in [3.63, 3.8) is 0 Å². The van der Waals surface area contributed by atoms with E-state index in [9.17, 15) is 0 Å². The molecule has 2 saturated heterocycles. The standard InChI is InChI=1S/C13H16ClN.2C4H9N.C2H6/c1-4-9-7-11(12(14)6-3)13(15)8-10(9)5-2;2*1-2-4-5-3-1;1-2/h6-8,15H,3-5H2,1-2H3;2*5H,1-4H2;1-2H3/b12-11+,15-13?;;;. The van der Waals surface area contributed by atoms with Crippen molar-refractivity contribution in [2.24, 2.45) is 0 Å². The molecule has 3 rings (SSSR count). The number of hydrogen-bond donors (Lipinski definition) is 3. The maximum absolute atomic E-state index is 7.87. The van der Waals surface area contributed by atoms with Gasteiger partial charge in [-0.25, -0.2) is 0 Å². The molecule has 0 saturated carbocycles. The van der Waals surface area contributed by atoms with Crippen molar-refractivity contribution in [3.05, 3.63) is 46.6 Å². The molecule has 2 fully saturated rings. The van der Waals surface area contributed by atoms with E-state index in [0.29, 0.717) is 10.7 Å². The zero-order valence-corrected chi connectivity index (χ0v) is 18.6. The molecule has 1 aliphatic carbocycles. The molecule has 3 nitrogen and oxygen atoms in total. The Hall–Kier alpha value is -1.16. The maximum Gasteiger partial charge on any atom is 0.0630 e. The summed E-state index contributed by atoms with van der Waals surface area (Å²) in [6.07, 6.45) is 13.0. The number of halogens is 1. The Morgan fingerprint density at radius 2 is 1.37 bits per heavy atom. The summed E-state index contributed by atoms with van der Waals surface area (Å²) in [6.45, 7) is 16.8. The lowest BCUT2D eigenvalue weighted by atomic mass is 9.90. The average Bonchev–Trinajstić information content (AvgIpc) is 3.47. The van der Waals surface area contributed by atoms with Crippen LogP contribution in [-0.4, -0.2) is 31.9 Å². The van der Waals surface area contributed by atoms with Gasteiger partial charge in [-0.15, -0.1) is 0 Å². The van der Waals surface area contributed by atoms with Gasteiger partial charge >= 0.3 is 0 Å². The molecule has 154 valence electrons. The first-order chi connectivity index (χ1) is 13.1. The molecule has 0 amide bonds. The highest BCUT2D eigenvalue weighted by atomic mass is 35.5. The van der Waals surface area contributed by atoms with E-state index in [4.69, 9.17) is 17.0 Å². The fourth-order valence-electron chi connectivity index (χ4n) is 2.91. The summed E-state index contributed by atoms with van der Waals surface area (Å²) >= 11 is 6.00. The van der Waals surface area contributed by atoms with Crippen LogP contribution in [0.15, 0.2) is 46.6 Å². The first-order valence-corrected chi connectivity index (χ1v) is 11.0. The van der Waals surface area contributed by atoms with Crippen LogP contribution in [0, 0.1) is 5.41 Å². The van der Waals surface area contributed by atoms with Crippen molar-refractivity contribution < 1.29 is 0 Å². The van der Waals surface area contributed by atoms with E-state index >= 15 is 0 Å². The smallest absolute Gasteiger partial charge is 0.0630 e. The predicted octanol–water partition coefficient (Wildman–Crippen LogP) is 6.14. The van der Waals surface area contributed by atoms with Gasteiger partial charge in [-0.3, -0.25) is 0 Å². The summed E-state index contributed by atoms with van der Waals surface area (Å²) in [5.74, 6) is 0. The van der Waals surface area contributed by atoms with E-state index in [1.165, 1.54) is 63.0 Å². The largest absolute Gasteiger partial charge is 0.317 e. The maximum atomic E-state index is 7.87. The van der Waals surface area contributed by atoms with Crippen LogP contribution in [-0.2, 0) is 0 Å². The number of allylic oxidation sites excluding steroid dienone is 7. The summed E-state index contributed by atoms with van der Waals surface area (Å²) in [5.41, 5.74) is 3.76. The summed E-state index contributed by atoms with van der Waals surface area (Å²) in [6, 6.07) is 0. The summed E-state index contributed by atoms with van der Waals surface area (Å²) < 4.78 is 0. The van der Waals surface area contributed by atoms with Crippen LogP contribution < -0.4 is 10.6 Å². The lowest BCUT2D eigenvalue weighted by Gasteiger charge is -2.16. The van der Waals surface area contributed by atoms with Gasteiger partial charge in [-0.2, -0.15) is 0 Å². The van der Waals surface area contributed by atoms with E-state index in [1.807, 2.05) is 26.0 Å². The zero-order valence-electron chi connectivity index (χ0n) is 17.9. The third-order valence-electron chi connectivity index (χ3n) is 4.45. The van der Waals surface area contributed by atoms with E-state index < -0.39 is 0 Å². The Kier molecular flexibility index (Phi) is 16.2. The van der Waals surface area contributed by atoms with Gasteiger partial charge in [0.25, 0.3) is 0 Å². The fourth-order valence-corrected chi connectivity index (χ4v) is 3.06. The van der Waals surface area contributed by atoms with E-state index in [-0.39, 0.29) is 0 Å². The van der Waals surface area contributed by atoms with Gasteiger partial charge in [-0.1, -0.05) is 52.0 Å². The second-order valence-electron chi connectivity index (χ2n) is 6.34. The topological polar surface area (TPSA) is 47.9 Å². The van der Waals surface area contributed by atoms with E-state index in [1.54, 1.807) is 6.08 Å². The monoisotopic (exact) mass is 393 g/mol. The van der Waals surface area contributed by atoms with Crippen LogP contribution in [0.5, 0.6) is 0 Å². The van der Waals surface area contributed by atoms with Crippen LogP contribution in [0.3, 0.4) is 0 Å². The molecule has 0 aromatic heterocycles. The van der Waals surface area contributed by atoms with Crippen LogP contribution in [0.1, 0.15) is 66.2 Å². The minimum absolute atomic E-state index is 0.481. The first kappa shape index (κ1) is 25.8. The molecule has 3 N–H and O–H groups in total. The van der Waals surface area contributed by atoms with Gasteiger partial charge in [-0.05, 0) is 88.0 Å². The zero-order chi connectivity index (χ0) is 20.5. The number of nitrogens with one attached hydrogen (secondary N) is 3. The minimum Gasteiger partial charge on any atom is -0.317 e. The molecule has 2 heterocycles. The molecule has 3 aliphatic rings. The second kappa shape index (κ2) is 17.0. The molecule has 0 unspecified atom stereocenters. The van der Waals surface area contributed by atoms with Crippen molar-refractivity contribution in [1.29, 1.82) is 5.41 Å². The van der Waals surface area contributed by atoms with Gasteiger partial charge in [0, 0.05) is 10.6 Å². The Morgan fingerprint density at radius 3 is 1.67 bits per heavy atom. The summed E-state index contributed by atoms with van der Waals surface area (Å²) in [7, 11) is 0. The average molecular weight is 394 g/mol. The van der Waals surface area contributed by atoms with Crippen molar-refractivity contribution in [3.8, 4) is 0 Å². The molecule has 0 bridgehead atoms. The molecule has 27 heavy (non-hydrogen) atoms. The molecular weight excluding hydrogens is 354 g/mol. The lowest BCUT2D eigenvalue weighted by molar-refractivity contribution is 0.857. The van der Waals surface area contributed by atoms with Crippen molar-refractivity contribution in [1.82, 2.24) is 10.6 Å². The molecule has 2 aliphatic heterocycles. The van der Waals surface area contributed by atoms with Crippen LogP contribution >= 0.6 is 11.6 Å². The second-order valence-corrected chi connectivity index (χ2v) is 6.75. The highest BCUT2D eigenvalue weighted by Gasteiger charge is 2.14. The van der Waals surface area contributed by atoms with Crippen molar-refractivity contribution in [2.75, 3.05) is 26.2 Å². The third-order valence-corrected chi connectivity index (χ3v) is 4.81. The molecule has 4 heteroatoms. The molecule has 0 aromatic rings. The number of rotatable bonds is 3. The Bertz CT molecular complexity index is 497. The fraction of sp³-hybridized carbons (Fsp3) is 0.609. The van der Waals surface area contributed by atoms with Gasteiger partial charge in [0.15, 0.2) is 0 Å². The van der Waals surface area contributed by atoms with Crippen molar-refractivity contribution >= 4 is 17.3 Å². The molecule has 0 aromatic carbocycles. The quantitative estimate of drug-likeness (QED) is 0.539. The molecular formula is C23H40ClN3. The lowest BCUT2D eigenvalue weighted by Crippen LogP contribution is -2.06. The molecule has 0 atom stereocenters. The van der Waals surface area contributed by atoms with Gasteiger partial charge in [0.05, 0.1) is 5.71 Å². The Labute approximate surface area is 172 Å². The number of hydrogen-bond acceptors (Lipinski definition) is 3. The molecule has 0 spiro atoms. The van der Waals surface area contributed by atoms with Gasteiger partial charge < -0.3 is 16.0 Å². The summed E-state index contributed by atoms with van der Waals surface area (Å²) in [4.78, 5) is 0. The van der Waals surface area contributed by atoms with E-state index in [2.05, 4.69) is 31.1 Å². The van der Waals surface area contributed by atoms with E-state index in [0.717, 1.165) is 18.4 Å².